The lowest BCUT2D eigenvalue weighted by Crippen LogP contribution is -2.35. The first-order chi connectivity index (χ1) is 45.9. The lowest BCUT2D eigenvalue weighted by Gasteiger charge is -2.30. The first-order valence-corrected chi connectivity index (χ1v) is 37.4. The van der Waals surface area contributed by atoms with Crippen molar-refractivity contribution in [3.63, 3.8) is 0 Å². The van der Waals surface area contributed by atoms with Crippen LogP contribution in [-0.2, 0) is 66.8 Å². The van der Waals surface area contributed by atoms with E-state index in [4.69, 9.17) is 54.2 Å². The number of benzene rings is 5. The number of aliphatic hydroxyl groups is 4. The number of anilines is 1. The molecule has 32 heteroatoms. The van der Waals surface area contributed by atoms with Crippen LogP contribution in [0.25, 0.3) is 20.8 Å². The van der Waals surface area contributed by atoms with Gasteiger partial charge in [-0.2, -0.15) is 16.8 Å². The van der Waals surface area contributed by atoms with Crippen molar-refractivity contribution in [2.75, 3.05) is 97.9 Å². The van der Waals surface area contributed by atoms with Crippen LogP contribution in [-0.4, -0.2) is 215 Å². The van der Waals surface area contributed by atoms with Crippen LogP contribution in [0, 0.1) is 0 Å². The molecule has 0 fully saturated rings. The third-order valence-electron chi connectivity index (χ3n) is 15.1. The summed E-state index contributed by atoms with van der Waals surface area (Å²) >= 11 is 3.18. The molecule has 524 valence electrons. The number of aliphatic hydroxyl groups excluding tert-OH is 4. The summed E-state index contributed by atoms with van der Waals surface area (Å²) in [6, 6.07) is 31.4. The zero-order valence-corrected chi connectivity index (χ0v) is 58.0. The van der Waals surface area contributed by atoms with Gasteiger partial charge in [0.2, 0.25) is 0 Å². The Kier molecular flexibility index (Phi) is 33.4. The minimum absolute atomic E-state index is 0.117. The van der Waals surface area contributed by atoms with Crippen molar-refractivity contribution in [1.82, 2.24) is 14.8 Å². The summed E-state index contributed by atoms with van der Waals surface area (Å²) in [5, 5.41) is 46.3. The number of hydrogen-bond acceptors (Lipinski definition) is 26. The number of nitrogens with one attached hydrogen (secondary N) is 1. The van der Waals surface area contributed by atoms with Gasteiger partial charge in [0.15, 0.2) is 0 Å². The Hall–Kier alpha value is -6.12. The highest BCUT2D eigenvalue weighted by Gasteiger charge is 2.27. The number of rotatable bonds is 38. The van der Waals surface area contributed by atoms with Crippen LogP contribution in [0.3, 0.4) is 0 Å². The van der Waals surface area contributed by atoms with E-state index in [1.165, 1.54) is 30.3 Å². The van der Waals surface area contributed by atoms with Gasteiger partial charge in [0.25, 0.3) is 20.2 Å². The highest BCUT2D eigenvalue weighted by molar-refractivity contribution is 8.04. The average Bonchev–Trinajstić information content (AvgIpc) is 0.757. The predicted molar refractivity (Wildman–Crippen MR) is 364 cm³/mol. The van der Waals surface area contributed by atoms with Crippen molar-refractivity contribution >= 4 is 97.5 Å². The van der Waals surface area contributed by atoms with E-state index in [1.54, 1.807) is 54.5 Å². The Bertz CT molecular complexity index is 4050. The molecule has 0 saturated heterocycles. The van der Waals surface area contributed by atoms with E-state index in [0.29, 0.717) is 122 Å². The summed E-state index contributed by atoms with van der Waals surface area (Å²) < 4.78 is 142. The second-order valence-corrected chi connectivity index (χ2v) is 28.2. The molecule has 0 bridgehead atoms. The fourth-order valence-electron chi connectivity index (χ4n) is 10.2. The van der Waals surface area contributed by atoms with Gasteiger partial charge in [0.05, 0.1) is 125 Å². The summed E-state index contributed by atoms with van der Waals surface area (Å²) in [6.07, 6.45) is 7.05. The van der Waals surface area contributed by atoms with Gasteiger partial charge < -0.3 is 44.7 Å². The van der Waals surface area contributed by atoms with Gasteiger partial charge in [0, 0.05) is 61.9 Å². The molecule has 2 aliphatic heterocycles. The number of allylic oxidation sites excluding steroid dienone is 2. The Morgan fingerprint density at radius 3 is 1.83 bits per heavy atom. The first-order valence-electron chi connectivity index (χ1n) is 30.9. The first kappa shape index (κ1) is 78.9. The third kappa shape index (κ3) is 28.4. The highest BCUT2D eigenvalue weighted by atomic mass is 32.2. The molecule has 0 aromatic heterocycles. The largest absolute Gasteiger partial charge is 0.425 e. The molecule has 8 rings (SSSR count). The molecule has 4 aromatic rings. The van der Waals surface area contributed by atoms with Crippen LogP contribution >= 0.6 is 23.1 Å². The predicted octanol–water partition coefficient (Wildman–Crippen LogP) is 6.73. The van der Waals surface area contributed by atoms with E-state index in [9.17, 15) is 46.4 Å². The Morgan fingerprint density at radius 2 is 1.23 bits per heavy atom. The highest BCUT2D eigenvalue weighted by Crippen LogP contribution is 2.43. The normalized spacial score (nSPS) is 15.2. The van der Waals surface area contributed by atoms with E-state index in [-0.39, 0.29) is 47.4 Å². The molecule has 7 N–H and O–H groups in total. The maximum Gasteiger partial charge on any atom is 0.425 e. The van der Waals surface area contributed by atoms with Crippen molar-refractivity contribution in [2.24, 2.45) is 9.98 Å². The molecule has 0 saturated carbocycles. The molecule has 0 radical (unpaired) electrons. The number of hydrogen-bond donors (Lipinski definition) is 7. The quantitative estimate of drug-likeness (QED) is 0.0120. The van der Waals surface area contributed by atoms with Crippen LogP contribution in [0.1, 0.15) is 63.9 Å². The minimum atomic E-state index is -4.44. The van der Waals surface area contributed by atoms with Crippen LogP contribution in [0.2, 0.25) is 0 Å². The summed E-state index contributed by atoms with van der Waals surface area (Å²) in [5.74, 6) is 0. The minimum Gasteiger partial charge on any atom is -0.393 e. The second kappa shape index (κ2) is 40.7. The molecular weight excluding hydrogens is 1370 g/mol. The second-order valence-electron chi connectivity index (χ2n) is 22.4. The van der Waals surface area contributed by atoms with Crippen LogP contribution < -0.4 is 10.7 Å². The van der Waals surface area contributed by atoms with Gasteiger partial charge in [-0.05, 0) is 154 Å². The number of fused-ring (bicyclic) bond motifs is 4. The lowest BCUT2D eigenvalue weighted by atomic mass is 9.95. The van der Waals surface area contributed by atoms with E-state index >= 15 is 0 Å². The number of para-hydroxylation sites is 2. The van der Waals surface area contributed by atoms with Gasteiger partial charge in [0.1, 0.15) is 4.90 Å². The number of ether oxygens (including phenoxy) is 4. The van der Waals surface area contributed by atoms with E-state index in [0.717, 1.165) is 66.1 Å². The van der Waals surface area contributed by atoms with Crippen LogP contribution in [0.4, 0.5) is 17.1 Å². The Morgan fingerprint density at radius 1 is 0.646 bits per heavy atom. The summed E-state index contributed by atoms with van der Waals surface area (Å²) in [4.78, 5) is 21.3. The van der Waals surface area contributed by atoms with Crippen molar-refractivity contribution < 1.29 is 90.6 Å². The molecule has 0 amide bonds. The van der Waals surface area contributed by atoms with Crippen molar-refractivity contribution in [1.29, 1.82) is 0 Å². The maximum absolute atomic E-state index is 12.1. The number of aliphatic imine (C=N–C) groups is 1. The standard InChI is InChI=1S/C64H82N6O14S4.2O3S/c1-3-49(71)12-9-13-50(72)42-83-35-31-70(28-26-46-38-59-63(85-60-19-6-4-17-54(60)67-59)41-57(46)66-47-11-8-16-53(39-47)87(75,76)77)32-36-84-44-52(74)15-10-14-51(73)43-82-34-30-69(29-33-81-2)27-25-45-21-24-61-58(37-45)68-55-23-22-48(40-62(55)86-61)65-56-18-5-7-20-64(56)88(78,79)80;2*1-4(2)3/h4-8,11,16-24,37-41,49-52,57,66,71-74H,3,9-10,12-15,25-36,42-44H2,1-2H3,(H,75,76,77)(H,78,79,80);;. The Balaban J connectivity index is 0.00000172. The molecule has 0 spiro atoms. The van der Waals surface area contributed by atoms with E-state index in [2.05, 4.69) is 50.5 Å². The molecular formula is C64H82N6O20S6. The van der Waals surface area contributed by atoms with Crippen LogP contribution in [0.15, 0.2) is 156 Å². The number of methoxy groups -OCH3 is 1. The lowest BCUT2D eigenvalue weighted by molar-refractivity contribution is 0.00321. The van der Waals surface area contributed by atoms with Gasteiger partial charge in [-0.1, -0.05) is 55.1 Å². The zero-order chi connectivity index (χ0) is 69.6. The van der Waals surface area contributed by atoms with E-state index < -0.39 is 59.8 Å². The molecule has 26 nitrogen and oxygen atoms in total. The molecule has 96 heavy (non-hydrogen) atoms. The Labute approximate surface area is 570 Å². The molecule has 5 atom stereocenters. The summed E-state index contributed by atoms with van der Waals surface area (Å²) in [6.45, 7) is 7.75. The van der Waals surface area contributed by atoms with Crippen molar-refractivity contribution in [3.05, 3.63) is 143 Å². The summed E-state index contributed by atoms with van der Waals surface area (Å²) in [5.41, 5.74) is 6.15. The van der Waals surface area contributed by atoms with Crippen molar-refractivity contribution in [3.8, 4) is 10.6 Å². The van der Waals surface area contributed by atoms with Gasteiger partial charge in [-0.3, -0.25) is 18.9 Å². The number of nitrogens with zero attached hydrogens (tertiary/aromatic N) is 5. The fraction of sp³-hybridized carbons (Fsp3) is 0.453. The maximum atomic E-state index is 12.1. The summed E-state index contributed by atoms with van der Waals surface area (Å²) in [7, 11) is -13.4. The molecule has 5 unspecified atom stereocenters. The average molecular weight is 1450 g/mol. The zero-order valence-electron chi connectivity index (χ0n) is 53.1. The van der Waals surface area contributed by atoms with Gasteiger partial charge >= 0.3 is 21.2 Å². The smallest absolute Gasteiger partial charge is 0.393 e. The number of thioether (sulfide) groups is 1. The monoisotopic (exact) mass is 1450 g/mol. The van der Waals surface area contributed by atoms with E-state index in [1.807, 2.05) is 43.3 Å². The van der Waals surface area contributed by atoms with Crippen LogP contribution in [0.5, 0.6) is 0 Å². The number of aromatic nitrogens is 1. The molecule has 2 aliphatic carbocycles. The molecule has 4 aromatic carbocycles. The SMILES string of the molecule is CCC(O)CCCC(O)COCCN(CCOCC(O)CCCC(O)COCCN(CCOC)CCc1ccc2sc3cc(=Nc4ccccc4S(=O)(=O)O)ccc-3nc2c1)CCC1=CC2=Nc3ccccc3SC2=CC1Nc1cccc(S(=O)(=O)O)c1.O=S(=O)=O.O=S(=O)=O. The molecule has 4 aliphatic rings. The molecule has 2 heterocycles. The topological polar surface area (TPSA) is 385 Å². The fourth-order valence-corrected chi connectivity index (χ4v) is 13.3. The third-order valence-corrected chi connectivity index (χ3v) is 19.1. The van der Waals surface area contributed by atoms with Crippen molar-refractivity contribution in [2.45, 2.75) is 110 Å². The van der Waals surface area contributed by atoms with Gasteiger partial charge in [-0.25, -0.2) is 15.0 Å². The van der Waals surface area contributed by atoms with Gasteiger partial charge in [-0.15, -0.1) is 36.6 Å².